The summed E-state index contributed by atoms with van der Waals surface area (Å²) in [7, 11) is 1.50. The third kappa shape index (κ3) is 3.79. The van der Waals surface area contributed by atoms with Crippen LogP contribution in [0.1, 0.15) is 24.4 Å². The van der Waals surface area contributed by atoms with Crippen LogP contribution in [-0.4, -0.2) is 62.9 Å². The molecule has 0 aliphatic carbocycles. The first-order chi connectivity index (χ1) is 13.3. The van der Waals surface area contributed by atoms with E-state index >= 15 is 0 Å². The lowest BCUT2D eigenvalue weighted by Gasteiger charge is -2.34. The molecule has 1 saturated heterocycles. The van der Waals surface area contributed by atoms with Crippen molar-refractivity contribution in [3.8, 4) is 5.75 Å². The van der Waals surface area contributed by atoms with Gasteiger partial charge in [0.1, 0.15) is 18.3 Å². The molecule has 2 aromatic rings. The largest absolute Gasteiger partial charge is 0.497 e. The summed E-state index contributed by atoms with van der Waals surface area (Å²) >= 11 is 0. The zero-order valence-corrected chi connectivity index (χ0v) is 15.4. The zero-order chi connectivity index (χ0) is 20.4. The Morgan fingerprint density at radius 2 is 1.86 bits per heavy atom. The Morgan fingerprint density at radius 3 is 2.39 bits per heavy atom. The predicted molar refractivity (Wildman–Crippen MR) is 98.4 cm³/mol. The Balaban J connectivity index is 2.04. The molecule has 0 radical (unpaired) electrons. The van der Waals surface area contributed by atoms with Gasteiger partial charge in [-0.05, 0) is 31.0 Å². The molecule has 1 aliphatic heterocycles. The molecule has 0 unspecified atom stereocenters. The first-order valence-corrected chi connectivity index (χ1v) is 8.90. The summed E-state index contributed by atoms with van der Waals surface area (Å²) in [6.45, 7) is 0.378. The second-order valence-electron chi connectivity index (χ2n) is 6.88. The molecular formula is C19H22N2O7. The first kappa shape index (κ1) is 19.7. The van der Waals surface area contributed by atoms with Crippen molar-refractivity contribution in [1.29, 1.82) is 0 Å². The van der Waals surface area contributed by atoms with Crippen molar-refractivity contribution >= 4 is 28.8 Å². The minimum Gasteiger partial charge on any atom is -0.497 e. The van der Waals surface area contributed by atoms with E-state index in [1.807, 2.05) is 0 Å². The summed E-state index contributed by atoms with van der Waals surface area (Å²) < 4.78 is 6.75. The number of aromatic nitrogens is 1. The average molecular weight is 390 g/mol. The fraction of sp³-hybridized carbons (Fsp3) is 0.421. The molecule has 3 rings (SSSR count). The number of fused-ring (bicyclic) bond motifs is 1. The summed E-state index contributed by atoms with van der Waals surface area (Å²) in [6, 6.07) is 4.09. The number of aliphatic carboxylic acids is 3. The van der Waals surface area contributed by atoms with Crippen LogP contribution < -0.4 is 4.74 Å². The molecule has 0 saturated carbocycles. The normalized spacial score (nSPS) is 16.8. The van der Waals surface area contributed by atoms with Gasteiger partial charge in [-0.15, -0.1) is 0 Å². The average Bonchev–Trinajstić information content (AvgIpc) is 2.98. The van der Waals surface area contributed by atoms with Gasteiger partial charge < -0.3 is 24.6 Å². The van der Waals surface area contributed by atoms with Crippen molar-refractivity contribution in [3.63, 3.8) is 0 Å². The Hall–Kier alpha value is -3.07. The summed E-state index contributed by atoms with van der Waals surface area (Å²) in [5.41, 5.74) is 1.07. The highest BCUT2D eigenvalue weighted by Gasteiger charge is 2.35. The number of methoxy groups -OCH3 is 1. The monoisotopic (exact) mass is 390 g/mol. The number of hydrogen-bond acceptors (Lipinski definition) is 5. The minimum atomic E-state index is -1.06. The van der Waals surface area contributed by atoms with Crippen LogP contribution in [0.2, 0.25) is 0 Å². The molecule has 1 aromatic carbocycles. The van der Waals surface area contributed by atoms with Gasteiger partial charge in [-0.2, -0.15) is 0 Å². The van der Waals surface area contributed by atoms with E-state index in [-0.39, 0.29) is 6.54 Å². The van der Waals surface area contributed by atoms with E-state index < -0.39 is 29.9 Å². The van der Waals surface area contributed by atoms with Crippen LogP contribution in [0.3, 0.4) is 0 Å². The number of ether oxygens (including phenoxy) is 1. The molecule has 1 aromatic heterocycles. The van der Waals surface area contributed by atoms with E-state index in [9.17, 15) is 24.6 Å². The number of carboxylic acids is 3. The fourth-order valence-electron chi connectivity index (χ4n) is 3.82. The quantitative estimate of drug-likeness (QED) is 0.651. The topological polar surface area (TPSA) is 129 Å². The lowest BCUT2D eigenvalue weighted by molar-refractivity contribution is -0.146. The molecule has 0 spiro atoms. The minimum absolute atomic E-state index is 0.295. The van der Waals surface area contributed by atoms with E-state index in [4.69, 9.17) is 9.84 Å². The molecule has 0 amide bonds. The molecule has 28 heavy (non-hydrogen) atoms. The van der Waals surface area contributed by atoms with Gasteiger partial charge >= 0.3 is 17.9 Å². The molecule has 1 aliphatic rings. The van der Waals surface area contributed by atoms with Crippen LogP contribution in [0.15, 0.2) is 24.4 Å². The van der Waals surface area contributed by atoms with Crippen LogP contribution in [-0.2, 0) is 20.9 Å². The third-order valence-electron chi connectivity index (χ3n) is 5.20. The molecular weight excluding hydrogens is 368 g/mol. The van der Waals surface area contributed by atoms with E-state index in [1.165, 1.54) is 11.7 Å². The summed E-state index contributed by atoms with van der Waals surface area (Å²) in [4.78, 5) is 36.3. The van der Waals surface area contributed by atoms with E-state index in [0.29, 0.717) is 48.1 Å². The fourth-order valence-corrected chi connectivity index (χ4v) is 3.82. The molecule has 150 valence electrons. The number of benzene rings is 1. The Bertz CT molecular complexity index is 912. The maximum atomic E-state index is 12.1. The first-order valence-electron chi connectivity index (χ1n) is 8.90. The van der Waals surface area contributed by atoms with Crippen molar-refractivity contribution in [1.82, 2.24) is 9.47 Å². The van der Waals surface area contributed by atoms with E-state index in [1.54, 1.807) is 29.3 Å². The maximum absolute atomic E-state index is 12.1. The van der Waals surface area contributed by atoms with Gasteiger partial charge in [0.25, 0.3) is 0 Å². The highest BCUT2D eigenvalue weighted by atomic mass is 16.5. The van der Waals surface area contributed by atoms with Crippen LogP contribution in [0.25, 0.3) is 10.9 Å². The van der Waals surface area contributed by atoms with Gasteiger partial charge in [-0.3, -0.25) is 19.3 Å². The molecule has 9 nitrogen and oxygen atoms in total. The molecule has 3 N–H and O–H groups in total. The highest BCUT2D eigenvalue weighted by Crippen LogP contribution is 2.35. The second-order valence-corrected chi connectivity index (χ2v) is 6.88. The van der Waals surface area contributed by atoms with Crippen LogP contribution in [0.5, 0.6) is 5.75 Å². The second kappa shape index (κ2) is 7.89. The van der Waals surface area contributed by atoms with Crippen molar-refractivity contribution in [2.45, 2.75) is 25.4 Å². The Morgan fingerprint density at radius 1 is 1.18 bits per heavy atom. The maximum Gasteiger partial charge on any atom is 0.325 e. The van der Waals surface area contributed by atoms with Crippen LogP contribution in [0, 0.1) is 5.92 Å². The Kier molecular flexibility index (Phi) is 5.55. The summed E-state index contributed by atoms with van der Waals surface area (Å²) in [6.07, 6.45) is 2.30. The molecule has 2 heterocycles. The number of likely N-dealkylation sites (tertiary alicyclic amines) is 1. The van der Waals surface area contributed by atoms with Crippen LogP contribution >= 0.6 is 0 Å². The number of nitrogens with zero attached hydrogens (tertiary/aromatic N) is 2. The standard InChI is InChI=1S/C19H22N2O7/c1-28-12-2-3-15-13(8-12)14(9-21(15)10-16(22)23)17(19(26)27)20-6-4-11(5-7-20)18(24)25/h2-3,8-9,11,17H,4-7,10H2,1H3,(H,22,23)(H,24,25)(H,26,27)/t17-/m0/s1. The smallest absolute Gasteiger partial charge is 0.325 e. The van der Waals surface area contributed by atoms with Crippen molar-refractivity contribution in [2.75, 3.05) is 20.2 Å². The van der Waals surface area contributed by atoms with Gasteiger partial charge in [0.05, 0.1) is 13.0 Å². The molecule has 1 atom stereocenters. The summed E-state index contributed by atoms with van der Waals surface area (Å²) in [5, 5.41) is 28.9. The lowest BCUT2D eigenvalue weighted by atomic mass is 9.94. The van der Waals surface area contributed by atoms with Crippen molar-refractivity contribution < 1.29 is 34.4 Å². The molecule has 1 fully saturated rings. The number of rotatable bonds is 7. The van der Waals surface area contributed by atoms with Crippen LogP contribution in [0.4, 0.5) is 0 Å². The number of hydrogen-bond donors (Lipinski definition) is 3. The van der Waals surface area contributed by atoms with E-state index in [0.717, 1.165) is 0 Å². The van der Waals surface area contributed by atoms with Gasteiger partial charge in [-0.1, -0.05) is 0 Å². The lowest BCUT2D eigenvalue weighted by Crippen LogP contribution is -2.41. The van der Waals surface area contributed by atoms with E-state index in [2.05, 4.69) is 0 Å². The number of piperidine rings is 1. The van der Waals surface area contributed by atoms with Gasteiger partial charge in [-0.25, -0.2) is 0 Å². The molecule has 9 heteroatoms. The van der Waals surface area contributed by atoms with Crippen molar-refractivity contribution in [3.05, 3.63) is 30.0 Å². The SMILES string of the molecule is COc1ccc2c(c1)c([C@@H](C(=O)O)N1CCC(C(=O)O)CC1)cn2CC(=O)O. The predicted octanol–water partition coefficient (Wildman–Crippen LogP) is 1.66. The van der Waals surface area contributed by atoms with Gasteiger partial charge in [0, 0.05) is 35.8 Å². The number of carbonyl (C=O) groups is 3. The van der Waals surface area contributed by atoms with Gasteiger partial charge in [0.2, 0.25) is 0 Å². The summed E-state index contributed by atoms with van der Waals surface area (Å²) in [5.74, 6) is -2.90. The number of carboxylic acid groups (broad SMARTS) is 3. The van der Waals surface area contributed by atoms with Crippen molar-refractivity contribution in [2.24, 2.45) is 5.92 Å². The molecule has 0 bridgehead atoms. The zero-order valence-electron chi connectivity index (χ0n) is 15.4. The van der Waals surface area contributed by atoms with Gasteiger partial charge in [0.15, 0.2) is 0 Å². The highest BCUT2D eigenvalue weighted by molar-refractivity contribution is 5.91. The Labute approximate surface area is 160 Å². The third-order valence-corrected chi connectivity index (χ3v) is 5.20.